The lowest BCUT2D eigenvalue weighted by molar-refractivity contribution is -0.132. The molecule has 1 heterocycles. The van der Waals surface area contributed by atoms with E-state index < -0.39 is 10.0 Å². The van der Waals surface area contributed by atoms with E-state index in [0.717, 1.165) is 25.9 Å². The lowest BCUT2D eigenvalue weighted by Gasteiger charge is -2.17. The van der Waals surface area contributed by atoms with Gasteiger partial charge < -0.3 is 9.64 Å². The molecule has 0 aromatic heterocycles. The van der Waals surface area contributed by atoms with Crippen molar-refractivity contribution < 1.29 is 17.9 Å². The number of hydrogen-bond donors (Lipinski definition) is 1. The van der Waals surface area contributed by atoms with Crippen LogP contribution in [-0.2, 0) is 14.8 Å². The number of aryl methyl sites for hydroxylation is 1. The van der Waals surface area contributed by atoms with Gasteiger partial charge in [-0.05, 0) is 37.5 Å². The lowest BCUT2D eigenvalue weighted by Crippen LogP contribution is -2.32. The van der Waals surface area contributed by atoms with Crippen LogP contribution in [0.3, 0.4) is 0 Å². The van der Waals surface area contributed by atoms with Crippen LogP contribution in [-0.4, -0.2) is 38.9 Å². The Morgan fingerprint density at radius 1 is 1.38 bits per heavy atom. The van der Waals surface area contributed by atoms with Gasteiger partial charge >= 0.3 is 0 Å². The molecule has 2 rings (SSSR count). The van der Waals surface area contributed by atoms with E-state index >= 15 is 0 Å². The Morgan fingerprint density at radius 3 is 2.57 bits per heavy atom. The van der Waals surface area contributed by atoms with Crippen LogP contribution in [0.1, 0.15) is 18.4 Å². The van der Waals surface area contributed by atoms with E-state index in [1.165, 1.54) is 6.07 Å². The van der Waals surface area contributed by atoms with Crippen LogP contribution in [0.5, 0.6) is 5.75 Å². The van der Waals surface area contributed by atoms with Gasteiger partial charge in [0.05, 0.1) is 0 Å². The van der Waals surface area contributed by atoms with Gasteiger partial charge in [-0.3, -0.25) is 4.79 Å². The minimum absolute atomic E-state index is 0.122. The highest BCUT2D eigenvalue weighted by molar-refractivity contribution is 9.10. The quantitative estimate of drug-likeness (QED) is 0.859. The SMILES string of the molecule is Cc1cc(Br)cc(S(N)(=O)=O)c1OCC(=O)N1CCCC1. The van der Waals surface area contributed by atoms with Crippen LogP contribution in [0.15, 0.2) is 21.5 Å². The molecule has 21 heavy (non-hydrogen) atoms. The summed E-state index contributed by atoms with van der Waals surface area (Å²) in [7, 11) is -3.93. The lowest BCUT2D eigenvalue weighted by atomic mass is 10.2. The Hall–Kier alpha value is -1.12. The number of carbonyl (C=O) groups is 1. The van der Waals surface area contributed by atoms with Gasteiger partial charge in [-0.15, -0.1) is 0 Å². The number of rotatable bonds is 4. The Morgan fingerprint density at radius 2 is 2.00 bits per heavy atom. The number of amides is 1. The van der Waals surface area contributed by atoms with Crippen molar-refractivity contribution in [2.24, 2.45) is 5.14 Å². The third-order valence-electron chi connectivity index (χ3n) is 3.31. The number of sulfonamides is 1. The summed E-state index contributed by atoms with van der Waals surface area (Å²) < 4.78 is 29.3. The van der Waals surface area contributed by atoms with Gasteiger partial charge in [0.2, 0.25) is 10.0 Å². The minimum atomic E-state index is -3.93. The van der Waals surface area contributed by atoms with Gasteiger partial charge in [-0.25, -0.2) is 13.6 Å². The first-order valence-electron chi connectivity index (χ1n) is 6.52. The van der Waals surface area contributed by atoms with Gasteiger partial charge in [0.1, 0.15) is 10.6 Å². The Balaban J connectivity index is 2.21. The molecule has 1 saturated heterocycles. The van der Waals surface area contributed by atoms with Gasteiger partial charge in [-0.1, -0.05) is 15.9 Å². The third-order valence-corrected chi connectivity index (χ3v) is 4.68. The number of nitrogens with two attached hydrogens (primary N) is 1. The molecule has 6 nitrogen and oxygen atoms in total. The largest absolute Gasteiger partial charge is 0.482 e. The predicted molar refractivity (Wildman–Crippen MR) is 81.6 cm³/mol. The molecule has 0 aliphatic carbocycles. The first kappa shape index (κ1) is 16.3. The summed E-state index contributed by atoms with van der Waals surface area (Å²) >= 11 is 3.22. The Bertz CT molecular complexity index is 654. The monoisotopic (exact) mass is 376 g/mol. The second-order valence-corrected chi connectivity index (χ2v) is 7.42. The number of ether oxygens (including phenoxy) is 1. The van der Waals surface area contributed by atoms with Crippen LogP contribution >= 0.6 is 15.9 Å². The first-order valence-corrected chi connectivity index (χ1v) is 8.86. The van der Waals surface area contributed by atoms with Crippen LogP contribution in [0, 0.1) is 6.92 Å². The summed E-state index contributed by atoms with van der Waals surface area (Å²) in [6, 6.07) is 3.09. The predicted octanol–water partition coefficient (Wildman–Crippen LogP) is 1.41. The molecule has 0 saturated carbocycles. The molecule has 1 aliphatic rings. The highest BCUT2D eigenvalue weighted by Gasteiger charge is 2.22. The van der Waals surface area contributed by atoms with Gasteiger partial charge in [0.15, 0.2) is 6.61 Å². The normalized spacial score (nSPS) is 15.3. The molecule has 1 aromatic rings. The number of nitrogens with zero attached hydrogens (tertiary/aromatic N) is 1. The maximum Gasteiger partial charge on any atom is 0.260 e. The zero-order valence-electron chi connectivity index (χ0n) is 11.6. The fourth-order valence-electron chi connectivity index (χ4n) is 2.29. The molecule has 1 amide bonds. The molecule has 0 radical (unpaired) electrons. The van der Waals surface area contributed by atoms with E-state index in [2.05, 4.69) is 15.9 Å². The van der Waals surface area contributed by atoms with Crippen molar-refractivity contribution in [1.29, 1.82) is 0 Å². The van der Waals surface area contributed by atoms with E-state index in [1.54, 1.807) is 17.9 Å². The summed E-state index contributed by atoms with van der Waals surface area (Å²) in [5.74, 6) is -0.0107. The van der Waals surface area contributed by atoms with E-state index in [9.17, 15) is 13.2 Å². The second kappa shape index (κ2) is 6.33. The Kier molecular flexibility index (Phi) is 4.90. The van der Waals surface area contributed by atoms with Crippen molar-refractivity contribution in [2.75, 3.05) is 19.7 Å². The van der Waals surface area contributed by atoms with Crippen molar-refractivity contribution in [1.82, 2.24) is 4.90 Å². The topological polar surface area (TPSA) is 89.7 Å². The molecular weight excluding hydrogens is 360 g/mol. The van der Waals surface area contributed by atoms with Crippen LogP contribution in [0.4, 0.5) is 0 Å². The van der Waals surface area contributed by atoms with Crippen molar-refractivity contribution in [3.05, 3.63) is 22.2 Å². The average molecular weight is 377 g/mol. The molecule has 0 atom stereocenters. The van der Waals surface area contributed by atoms with Crippen molar-refractivity contribution in [3.8, 4) is 5.75 Å². The number of likely N-dealkylation sites (tertiary alicyclic amines) is 1. The number of primary sulfonamides is 1. The maximum atomic E-state index is 12.0. The molecule has 0 bridgehead atoms. The van der Waals surface area contributed by atoms with Gasteiger partial charge in [-0.2, -0.15) is 0 Å². The molecule has 0 unspecified atom stereocenters. The van der Waals surface area contributed by atoms with Crippen molar-refractivity contribution >= 4 is 31.9 Å². The van der Waals surface area contributed by atoms with Gasteiger partial charge in [0, 0.05) is 17.6 Å². The second-order valence-electron chi connectivity index (χ2n) is 4.97. The number of benzene rings is 1. The zero-order valence-corrected chi connectivity index (χ0v) is 14.0. The summed E-state index contributed by atoms with van der Waals surface area (Å²) in [5.41, 5.74) is 0.600. The standard InChI is InChI=1S/C13H17BrN2O4S/c1-9-6-10(14)7-11(21(15,18)19)13(9)20-8-12(17)16-4-2-3-5-16/h6-7H,2-5,8H2,1H3,(H2,15,18,19). The Labute approximate surface area is 132 Å². The number of halogens is 1. The molecule has 0 spiro atoms. The molecule has 8 heteroatoms. The van der Waals surface area contributed by atoms with E-state index in [-0.39, 0.29) is 23.2 Å². The van der Waals surface area contributed by atoms with Gasteiger partial charge in [0.25, 0.3) is 5.91 Å². The molecule has 116 valence electrons. The zero-order chi connectivity index (χ0) is 15.6. The van der Waals surface area contributed by atoms with E-state index in [1.807, 2.05) is 0 Å². The molecule has 1 fully saturated rings. The van der Waals surface area contributed by atoms with Crippen molar-refractivity contribution in [2.45, 2.75) is 24.7 Å². The number of carbonyl (C=O) groups excluding carboxylic acids is 1. The summed E-state index contributed by atoms with van der Waals surface area (Å²) in [5, 5.41) is 5.20. The fraction of sp³-hybridized carbons (Fsp3) is 0.462. The molecule has 2 N–H and O–H groups in total. The minimum Gasteiger partial charge on any atom is -0.482 e. The van der Waals surface area contributed by atoms with Crippen LogP contribution in [0.2, 0.25) is 0 Å². The van der Waals surface area contributed by atoms with Crippen molar-refractivity contribution in [3.63, 3.8) is 0 Å². The highest BCUT2D eigenvalue weighted by Crippen LogP contribution is 2.31. The molecule has 1 aliphatic heterocycles. The molecular formula is C13H17BrN2O4S. The van der Waals surface area contributed by atoms with E-state index in [4.69, 9.17) is 9.88 Å². The molecule has 1 aromatic carbocycles. The first-order chi connectivity index (χ1) is 9.79. The smallest absolute Gasteiger partial charge is 0.260 e. The number of hydrogen-bond acceptors (Lipinski definition) is 4. The third kappa shape index (κ3) is 3.96. The summed E-state index contributed by atoms with van der Waals surface area (Å²) in [6.07, 6.45) is 1.98. The fourth-order valence-corrected chi connectivity index (χ4v) is 3.78. The summed E-state index contributed by atoms with van der Waals surface area (Å²) in [4.78, 5) is 13.6. The highest BCUT2D eigenvalue weighted by atomic mass is 79.9. The maximum absolute atomic E-state index is 12.0. The average Bonchev–Trinajstić information content (AvgIpc) is 2.89. The summed E-state index contributed by atoms with van der Waals surface area (Å²) in [6.45, 7) is 2.97. The van der Waals surface area contributed by atoms with E-state index in [0.29, 0.717) is 10.0 Å². The van der Waals surface area contributed by atoms with Crippen LogP contribution in [0.25, 0.3) is 0 Å². The van der Waals surface area contributed by atoms with Crippen LogP contribution < -0.4 is 9.88 Å².